The number of carbonyl (C=O) groups is 1. The highest BCUT2D eigenvalue weighted by Crippen LogP contribution is 2.10. The first-order chi connectivity index (χ1) is 6.74. The molecule has 0 spiro atoms. The second-order valence-corrected chi connectivity index (χ2v) is 3.12. The van der Waals surface area contributed by atoms with Crippen LogP contribution in [0.2, 0.25) is 0 Å². The molecule has 1 aromatic rings. The number of benzene rings is 1. The summed E-state index contributed by atoms with van der Waals surface area (Å²) in [4.78, 5) is 10.6. The van der Waals surface area contributed by atoms with E-state index in [0.717, 1.165) is 0 Å². The fourth-order valence-electron chi connectivity index (χ4n) is 0.895. The Morgan fingerprint density at radius 1 is 1.43 bits per heavy atom. The normalized spacial score (nSPS) is 12.1. The highest BCUT2D eigenvalue weighted by atomic mass is 35.5. The van der Waals surface area contributed by atoms with Gasteiger partial charge in [0.2, 0.25) is 0 Å². The summed E-state index contributed by atoms with van der Waals surface area (Å²) in [6.45, 7) is 0.100. The van der Waals surface area contributed by atoms with E-state index in [1.54, 1.807) is 12.1 Å². The standard InChI is InChI=1S/C10H11ClO3/c11-6-8(10(12)13)7-14-9-4-2-1-3-5-9/h1-5,8H,6-7H2,(H,12,13)/t8-/m1/s1. The summed E-state index contributed by atoms with van der Waals surface area (Å²) in [5, 5.41) is 8.69. The molecule has 0 saturated heterocycles. The fraction of sp³-hybridized carbons (Fsp3) is 0.300. The van der Waals surface area contributed by atoms with Crippen LogP contribution in [0, 0.1) is 5.92 Å². The third-order valence-corrected chi connectivity index (χ3v) is 2.10. The molecule has 0 aromatic heterocycles. The van der Waals surface area contributed by atoms with Crippen LogP contribution in [0.1, 0.15) is 0 Å². The van der Waals surface area contributed by atoms with Crippen molar-refractivity contribution in [1.82, 2.24) is 0 Å². The summed E-state index contributed by atoms with van der Waals surface area (Å²) in [7, 11) is 0. The Morgan fingerprint density at radius 3 is 2.57 bits per heavy atom. The van der Waals surface area contributed by atoms with Gasteiger partial charge in [0.25, 0.3) is 0 Å². The van der Waals surface area contributed by atoms with Crippen LogP contribution in [0.3, 0.4) is 0 Å². The van der Waals surface area contributed by atoms with Crippen LogP contribution in [0.4, 0.5) is 0 Å². The minimum atomic E-state index is -0.934. The maximum atomic E-state index is 10.6. The molecule has 1 atom stereocenters. The molecule has 3 nitrogen and oxygen atoms in total. The van der Waals surface area contributed by atoms with Crippen LogP contribution >= 0.6 is 11.6 Å². The van der Waals surface area contributed by atoms with Crippen molar-refractivity contribution >= 4 is 17.6 Å². The molecule has 4 heteroatoms. The molecule has 0 bridgehead atoms. The van der Waals surface area contributed by atoms with E-state index in [9.17, 15) is 4.79 Å². The molecule has 0 fully saturated rings. The molecule has 0 radical (unpaired) electrons. The molecule has 76 valence electrons. The van der Waals surface area contributed by atoms with Gasteiger partial charge in [-0.05, 0) is 12.1 Å². The Kier molecular flexibility index (Phi) is 4.26. The van der Waals surface area contributed by atoms with E-state index in [1.165, 1.54) is 0 Å². The molecule has 1 aromatic carbocycles. The summed E-state index contributed by atoms with van der Waals surface area (Å²) in [6.07, 6.45) is 0. The molecule has 0 heterocycles. The Hall–Kier alpha value is -1.22. The molecule has 0 amide bonds. The highest BCUT2D eigenvalue weighted by molar-refractivity contribution is 6.19. The zero-order valence-corrected chi connectivity index (χ0v) is 8.28. The number of rotatable bonds is 5. The van der Waals surface area contributed by atoms with Crippen LogP contribution in [0.15, 0.2) is 30.3 Å². The van der Waals surface area contributed by atoms with Gasteiger partial charge in [-0.2, -0.15) is 0 Å². The van der Waals surface area contributed by atoms with E-state index in [0.29, 0.717) is 5.75 Å². The van der Waals surface area contributed by atoms with Crippen LogP contribution in [0.5, 0.6) is 5.75 Å². The molecule has 14 heavy (non-hydrogen) atoms. The van der Waals surface area contributed by atoms with E-state index < -0.39 is 11.9 Å². The molecule has 1 N–H and O–H groups in total. The number of aliphatic carboxylic acids is 1. The van der Waals surface area contributed by atoms with Gasteiger partial charge >= 0.3 is 5.97 Å². The summed E-state index contributed by atoms with van der Waals surface area (Å²) in [5.74, 6) is -0.876. The van der Waals surface area contributed by atoms with Crippen molar-refractivity contribution in [1.29, 1.82) is 0 Å². The van der Waals surface area contributed by atoms with E-state index in [-0.39, 0.29) is 12.5 Å². The molecule has 0 unspecified atom stereocenters. The maximum Gasteiger partial charge on any atom is 0.311 e. The third kappa shape index (κ3) is 3.26. The van der Waals surface area contributed by atoms with Crippen molar-refractivity contribution in [2.45, 2.75) is 0 Å². The van der Waals surface area contributed by atoms with E-state index in [2.05, 4.69) is 0 Å². The zero-order chi connectivity index (χ0) is 10.4. The van der Waals surface area contributed by atoms with E-state index in [4.69, 9.17) is 21.4 Å². The fourth-order valence-corrected chi connectivity index (χ4v) is 1.12. The minimum absolute atomic E-state index is 0.0577. The molecule has 0 aliphatic rings. The Labute approximate surface area is 87.3 Å². The molecule has 0 aliphatic carbocycles. The lowest BCUT2D eigenvalue weighted by atomic mass is 10.2. The SMILES string of the molecule is O=C(O)[C@H](CCl)COc1ccccc1. The molecular weight excluding hydrogens is 204 g/mol. The topological polar surface area (TPSA) is 46.5 Å². The van der Waals surface area contributed by atoms with Gasteiger partial charge in [0.1, 0.15) is 18.3 Å². The molecular formula is C10H11ClO3. The number of halogens is 1. The van der Waals surface area contributed by atoms with Crippen LogP contribution in [-0.2, 0) is 4.79 Å². The van der Waals surface area contributed by atoms with Crippen LogP contribution < -0.4 is 4.74 Å². The number of carboxylic acid groups (broad SMARTS) is 1. The maximum absolute atomic E-state index is 10.6. The van der Waals surface area contributed by atoms with Crippen molar-refractivity contribution in [2.24, 2.45) is 5.92 Å². The first-order valence-corrected chi connectivity index (χ1v) is 4.74. The van der Waals surface area contributed by atoms with Gasteiger partial charge in [-0.15, -0.1) is 11.6 Å². The van der Waals surface area contributed by atoms with Gasteiger partial charge in [-0.3, -0.25) is 4.79 Å². The average molecular weight is 215 g/mol. The largest absolute Gasteiger partial charge is 0.493 e. The predicted molar refractivity (Wildman–Crippen MR) is 53.8 cm³/mol. The van der Waals surface area contributed by atoms with Gasteiger partial charge in [0.15, 0.2) is 0 Å². The van der Waals surface area contributed by atoms with Crippen molar-refractivity contribution in [3.63, 3.8) is 0 Å². The number of ether oxygens (including phenoxy) is 1. The minimum Gasteiger partial charge on any atom is -0.493 e. The van der Waals surface area contributed by atoms with Crippen LogP contribution in [-0.4, -0.2) is 23.6 Å². The smallest absolute Gasteiger partial charge is 0.311 e. The number of para-hydroxylation sites is 1. The second-order valence-electron chi connectivity index (χ2n) is 2.81. The Balaban J connectivity index is 2.44. The number of carboxylic acids is 1. The number of hydrogen-bond donors (Lipinski definition) is 1. The van der Waals surface area contributed by atoms with Crippen molar-refractivity contribution < 1.29 is 14.6 Å². The first-order valence-electron chi connectivity index (χ1n) is 4.20. The zero-order valence-electron chi connectivity index (χ0n) is 7.52. The van der Waals surface area contributed by atoms with Crippen LogP contribution in [0.25, 0.3) is 0 Å². The summed E-state index contributed by atoms with van der Waals surface area (Å²) in [5.41, 5.74) is 0. The summed E-state index contributed by atoms with van der Waals surface area (Å²) >= 11 is 5.47. The van der Waals surface area contributed by atoms with Crippen molar-refractivity contribution in [3.05, 3.63) is 30.3 Å². The number of alkyl halides is 1. The lowest BCUT2D eigenvalue weighted by Gasteiger charge is -2.10. The van der Waals surface area contributed by atoms with Crippen molar-refractivity contribution in [3.8, 4) is 5.75 Å². The van der Waals surface area contributed by atoms with Gasteiger partial charge in [0, 0.05) is 5.88 Å². The second kappa shape index (κ2) is 5.50. The van der Waals surface area contributed by atoms with Gasteiger partial charge in [0.05, 0.1) is 0 Å². The highest BCUT2D eigenvalue weighted by Gasteiger charge is 2.16. The third-order valence-electron chi connectivity index (χ3n) is 1.73. The lowest BCUT2D eigenvalue weighted by molar-refractivity contribution is -0.141. The van der Waals surface area contributed by atoms with Gasteiger partial charge < -0.3 is 9.84 Å². The summed E-state index contributed by atoms with van der Waals surface area (Å²) in [6, 6.07) is 9.06. The first kappa shape index (κ1) is 10.9. The Bertz CT molecular complexity index is 287. The monoisotopic (exact) mass is 214 g/mol. The van der Waals surface area contributed by atoms with Crippen molar-refractivity contribution in [2.75, 3.05) is 12.5 Å². The van der Waals surface area contributed by atoms with E-state index >= 15 is 0 Å². The summed E-state index contributed by atoms with van der Waals surface area (Å²) < 4.78 is 5.26. The Morgan fingerprint density at radius 2 is 2.07 bits per heavy atom. The number of hydrogen-bond acceptors (Lipinski definition) is 2. The van der Waals surface area contributed by atoms with Gasteiger partial charge in [-0.25, -0.2) is 0 Å². The molecule has 0 saturated carbocycles. The molecule has 0 aliphatic heterocycles. The predicted octanol–water partition coefficient (Wildman–Crippen LogP) is 2.00. The van der Waals surface area contributed by atoms with Gasteiger partial charge in [-0.1, -0.05) is 18.2 Å². The molecule has 1 rings (SSSR count). The quantitative estimate of drug-likeness (QED) is 0.763. The lowest BCUT2D eigenvalue weighted by Crippen LogP contribution is -2.22. The van der Waals surface area contributed by atoms with E-state index in [1.807, 2.05) is 18.2 Å². The average Bonchev–Trinajstić information content (AvgIpc) is 2.20.